The number of ether oxygens (including phenoxy) is 1. The van der Waals surface area contributed by atoms with E-state index in [2.05, 4.69) is 0 Å². The van der Waals surface area contributed by atoms with Gasteiger partial charge in [0, 0.05) is 24.3 Å². The molecule has 2 aromatic rings. The summed E-state index contributed by atoms with van der Waals surface area (Å²) in [4.78, 5) is 21.8. The Kier molecular flexibility index (Phi) is 3.19. The van der Waals surface area contributed by atoms with Crippen LogP contribution in [0.1, 0.15) is 5.56 Å². The average Bonchev–Trinajstić information content (AvgIpc) is 2.90. The van der Waals surface area contributed by atoms with Crippen molar-refractivity contribution in [1.29, 1.82) is 0 Å². The van der Waals surface area contributed by atoms with Gasteiger partial charge in [-0.2, -0.15) is 0 Å². The molecule has 0 spiro atoms. The van der Waals surface area contributed by atoms with Crippen molar-refractivity contribution in [2.45, 2.75) is 0 Å². The van der Waals surface area contributed by atoms with Crippen molar-refractivity contribution in [3.05, 3.63) is 70.3 Å². The molecule has 0 unspecified atom stereocenters. The smallest absolute Gasteiger partial charge is 0.365 e. The third kappa shape index (κ3) is 2.51. The third-order valence-corrected chi connectivity index (χ3v) is 3.14. The van der Waals surface area contributed by atoms with Gasteiger partial charge in [-0.25, -0.2) is 4.79 Å². The van der Waals surface area contributed by atoms with E-state index in [9.17, 15) is 14.9 Å². The van der Waals surface area contributed by atoms with Gasteiger partial charge in [-0.05, 0) is 12.1 Å². The van der Waals surface area contributed by atoms with Crippen LogP contribution in [0.4, 0.5) is 11.4 Å². The zero-order chi connectivity index (χ0) is 14.8. The molecule has 0 bridgehead atoms. The van der Waals surface area contributed by atoms with Gasteiger partial charge in [0.2, 0.25) is 12.2 Å². The average molecular weight is 283 g/mol. The van der Waals surface area contributed by atoms with Crippen LogP contribution in [0.3, 0.4) is 0 Å². The van der Waals surface area contributed by atoms with E-state index in [0.29, 0.717) is 11.5 Å². The molecule has 0 aromatic heterocycles. The Balaban J connectivity index is 2.05. The Morgan fingerprint density at radius 2 is 1.71 bits per heavy atom. The number of esters is 1. The highest BCUT2D eigenvalue weighted by Crippen LogP contribution is 2.20. The number of para-hydroxylation sites is 1. The lowest BCUT2D eigenvalue weighted by atomic mass is 10.2. The van der Waals surface area contributed by atoms with E-state index in [1.165, 1.54) is 12.1 Å². The lowest BCUT2D eigenvalue weighted by Crippen LogP contribution is -2.12. The van der Waals surface area contributed by atoms with Gasteiger partial charge in [0.15, 0.2) is 0 Å². The lowest BCUT2D eigenvalue weighted by molar-refractivity contribution is -0.422. The molecule has 0 amide bonds. The number of carbonyl (C=O) groups excluding carboxylic acids is 1. The fourth-order valence-electron chi connectivity index (χ4n) is 2.15. The molecule has 0 radical (unpaired) electrons. The minimum absolute atomic E-state index is 0.00469. The molecule has 0 atom stereocenters. The van der Waals surface area contributed by atoms with Gasteiger partial charge in [-0.3, -0.25) is 10.1 Å². The number of rotatable bonds is 3. The number of cyclic esters (lactones) is 1. The Morgan fingerprint density at radius 3 is 2.33 bits per heavy atom. The van der Waals surface area contributed by atoms with Crippen LogP contribution in [0.25, 0.3) is 0 Å². The molecule has 1 heterocycles. The first-order valence-electron chi connectivity index (χ1n) is 6.30. The van der Waals surface area contributed by atoms with Crippen LogP contribution >= 0.6 is 0 Å². The molecular formula is C15H11N2O4+. The van der Waals surface area contributed by atoms with E-state index in [1.54, 1.807) is 16.7 Å². The molecule has 0 aliphatic carbocycles. The molecule has 3 rings (SSSR count). The number of hydrogen-bond donors (Lipinski definition) is 0. The molecule has 1 aliphatic rings. The minimum Gasteiger partial charge on any atom is -0.365 e. The number of non-ortho nitro benzene ring substituents is 1. The maximum Gasteiger partial charge on any atom is 0.384 e. The van der Waals surface area contributed by atoms with Gasteiger partial charge in [-0.15, -0.1) is 4.58 Å². The Morgan fingerprint density at radius 1 is 1.05 bits per heavy atom. The molecule has 0 saturated carbocycles. The van der Waals surface area contributed by atoms with Crippen molar-refractivity contribution in [3.63, 3.8) is 0 Å². The molecule has 0 saturated heterocycles. The highest BCUT2D eigenvalue weighted by Gasteiger charge is 2.34. The van der Waals surface area contributed by atoms with E-state index < -0.39 is 4.92 Å². The van der Waals surface area contributed by atoms with Crippen LogP contribution in [-0.4, -0.2) is 27.9 Å². The Bertz CT molecular complexity index is 736. The van der Waals surface area contributed by atoms with Gasteiger partial charge >= 0.3 is 11.9 Å². The highest BCUT2D eigenvalue weighted by atomic mass is 16.6. The summed E-state index contributed by atoms with van der Waals surface area (Å²) in [5.74, 6) is 0.0355. The predicted octanol–water partition coefficient (Wildman–Crippen LogP) is 2.24. The lowest BCUT2D eigenvalue weighted by Gasteiger charge is -1.99. The molecule has 1 aliphatic heterocycles. The molecule has 104 valence electrons. The maximum atomic E-state index is 11.6. The minimum atomic E-state index is -0.468. The van der Waals surface area contributed by atoms with Gasteiger partial charge in [0.05, 0.1) is 10.5 Å². The maximum absolute atomic E-state index is 11.6. The number of hydrogen-bond acceptors (Lipinski definition) is 4. The van der Waals surface area contributed by atoms with Crippen molar-refractivity contribution in [3.8, 4) is 0 Å². The second-order valence-electron chi connectivity index (χ2n) is 4.50. The van der Waals surface area contributed by atoms with Crippen molar-refractivity contribution in [2.24, 2.45) is 0 Å². The zero-order valence-electron chi connectivity index (χ0n) is 10.9. The summed E-state index contributed by atoms with van der Waals surface area (Å²) in [6.07, 6.45) is 0. The largest absolute Gasteiger partial charge is 0.384 e. The van der Waals surface area contributed by atoms with Crippen LogP contribution in [0, 0.1) is 10.1 Å². The normalized spacial score (nSPS) is 14.2. The predicted molar refractivity (Wildman–Crippen MR) is 74.5 cm³/mol. The summed E-state index contributed by atoms with van der Waals surface area (Å²) in [6.45, 7) is 0.121. The second-order valence-corrected chi connectivity index (χ2v) is 4.50. The van der Waals surface area contributed by atoms with Gasteiger partial charge in [-0.1, -0.05) is 18.2 Å². The highest BCUT2D eigenvalue weighted by molar-refractivity contribution is 6.01. The number of benzene rings is 2. The van der Waals surface area contributed by atoms with Crippen LogP contribution in [-0.2, 0) is 9.53 Å². The van der Waals surface area contributed by atoms with Crippen molar-refractivity contribution in [2.75, 3.05) is 6.54 Å². The fourth-order valence-corrected chi connectivity index (χ4v) is 2.15. The van der Waals surface area contributed by atoms with E-state index in [0.717, 1.165) is 5.69 Å². The van der Waals surface area contributed by atoms with Crippen molar-refractivity contribution >= 4 is 23.2 Å². The third-order valence-electron chi connectivity index (χ3n) is 3.14. The van der Waals surface area contributed by atoms with Gasteiger partial charge in [0.25, 0.3) is 5.69 Å². The molecule has 0 N–H and O–H groups in total. The Hall–Kier alpha value is -3.02. The summed E-state index contributed by atoms with van der Waals surface area (Å²) in [6, 6.07) is 15.3. The molecule has 6 heteroatoms. The van der Waals surface area contributed by atoms with Crippen LogP contribution in [0.5, 0.6) is 0 Å². The number of nitro groups is 1. The van der Waals surface area contributed by atoms with Crippen LogP contribution < -0.4 is 0 Å². The van der Waals surface area contributed by atoms with Crippen molar-refractivity contribution < 1.29 is 19.0 Å². The summed E-state index contributed by atoms with van der Waals surface area (Å²) in [5, 5.41) is 10.7. The van der Waals surface area contributed by atoms with E-state index in [-0.39, 0.29) is 18.2 Å². The quantitative estimate of drug-likeness (QED) is 0.375. The van der Waals surface area contributed by atoms with Crippen LogP contribution in [0.2, 0.25) is 0 Å². The first-order chi connectivity index (χ1) is 10.1. The van der Waals surface area contributed by atoms with E-state index >= 15 is 0 Å². The molecule has 6 nitrogen and oxygen atoms in total. The first kappa shape index (κ1) is 13.0. The summed E-state index contributed by atoms with van der Waals surface area (Å²) in [7, 11) is 0. The second kappa shape index (κ2) is 5.16. The number of nitrogens with zero attached hydrogens (tertiary/aromatic N) is 2. The molecule has 2 aromatic carbocycles. The van der Waals surface area contributed by atoms with E-state index in [4.69, 9.17) is 4.74 Å². The monoisotopic (exact) mass is 283 g/mol. The number of nitro benzene ring substituents is 1. The molecule has 21 heavy (non-hydrogen) atoms. The number of carbonyl (C=O) groups is 1. The summed E-state index contributed by atoms with van der Waals surface area (Å²) < 4.78 is 6.99. The van der Waals surface area contributed by atoms with Gasteiger partial charge in [0.1, 0.15) is 0 Å². The van der Waals surface area contributed by atoms with E-state index in [1.807, 2.05) is 30.3 Å². The molecule has 0 fully saturated rings. The Labute approximate surface area is 120 Å². The zero-order valence-corrected chi connectivity index (χ0v) is 10.9. The topological polar surface area (TPSA) is 72.5 Å². The molecular weight excluding hydrogens is 272 g/mol. The summed E-state index contributed by atoms with van der Waals surface area (Å²) >= 11 is 0. The standard InChI is InChI=1S/C15H11N2O4/c18-14-10-16(12-4-2-1-3-5-12)15(21-14)11-6-8-13(9-7-11)17(19)20/h1-9H,10H2/q+1. The first-order valence-corrected chi connectivity index (χ1v) is 6.30. The van der Waals surface area contributed by atoms with Crippen molar-refractivity contribution in [1.82, 2.24) is 0 Å². The van der Waals surface area contributed by atoms with Gasteiger partial charge < -0.3 is 4.74 Å². The fraction of sp³-hybridized carbons (Fsp3) is 0.0667. The SMILES string of the molecule is O=C1C[N+](c2ccccc2)=C(c2ccc([N+](=O)[O-])cc2)O1. The van der Waals surface area contributed by atoms with Crippen LogP contribution in [0.15, 0.2) is 54.6 Å². The summed E-state index contributed by atoms with van der Waals surface area (Å²) in [5.41, 5.74) is 1.45.